The van der Waals surface area contributed by atoms with Gasteiger partial charge in [0.25, 0.3) is 0 Å². The molecule has 0 bridgehead atoms. The van der Waals surface area contributed by atoms with Crippen LogP contribution in [0, 0.1) is 0 Å². The number of hydrogen-bond donors (Lipinski definition) is 1. The third kappa shape index (κ3) is 3.32. The molecule has 1 rings (SSSR count). The van der Waals surface area contributed by atoms with Crippen LogP contribution in [0.4, 0.5) is 0 Å². The summed E-state index contributed by atoms with van der Waals surface area (Å²) >= 11 is 0. The number of rotatable bonds is 7. The normalized spacial score (nSPS) is 10.6. The molecule has 1 N–H and O–H groups in total. The minimum atomic E-state index is -1.10. The van der Waals surface area contributed by atoms with Gasteiger partial charge in [-0.3, -0.25) is 0 Å². The lowest BCUT2D eigenvalue weighted by molar-refractivity contribution is 0.0494. The van der Waals surface area contributed by atoms with E-state index in [2.05, 4.69) is 4.98 Å². The Kier molecular flexibility index (Phi) is 4.94. The molecule has 1 aromatic rings. The first kappa shape index (κ1) is 12.7. The molecule has 0 aliphatic heterocycles. The second-order valence-corrected chi connectivity index (χ2v) is 3.09. The maximum absolute atomic E-state index is 10.8. The highest BCUT2D eigenvalue weighted by Gasteiger charge is 2.17. The molecule has 0 radical (unpaired) electrons. The first-order valence-corrected chi connectivity index (χ1v) is 4.97. The van der Waals surface area contributed by atoms with Gasteiger partial charge in [0, 0.05) is 7.11 Å². The van der Waals surface area contributed by atoms with Gasteiger partial charge in [-0.05, 0) is 6.42 Å². The van der Waals surface area contributed by atoms with Crippen molar-refractivity contribution in [3.63, 3.8) is 0 Å². The van der Waals surface area contributed by atoms with Crippen molar-refractivity contribution >= 4 is 5.97 Å². The van der Waals surface area contributed by atoms with Crippen LogP contribution in [0.3, 0.4) is 0 Å². The molecule has 0 saturated heterocycles. The van der Waals surface area contributed by atoms with Gasteiger partial charge in [-0.1, -0.05) is 6.92 Å². The molecule has 0 aromatic carbocycles. The summed E-state index contributed by atoms with van der Waals surface area (Å²) in [6, 6.07) is 0. The largest absolute Gasteiger partial charge is 0.475 e. The van der Waals surface area contributed by atoms with Crippen molar-refractivity contribution < 1.29 is 23.8 Å². The Balaban J connectivity index is 2.57. The molecule has 1 aromatic heterocycles. The summed E-state index contributed by atoms with van der Waals surface area (Å²) in [6.45, 7) is 2.87. The monoisotopic (exact) mass is 229 g/mol. The van der Waals surface area contributed by atoms with E-state index in [4.69, 9.17) is 19.0 Å². The first-order chi connectivity index (χ1) is 7.69. The summed E-state index contributed by atoms with van der Waals surface area (Å²) in [5.74, 6) is -0.925. The van der Waals surface area contributed by atoms with Crippen LogP contribution >= 0.6 is 0 Å². The molecule has 0 spiro atoms. The molecule has 0 fully saturated rings. The van der Waals surface area contributed by atoms with Gasteiger partial charge in [0.15, 0.2) is 0 Å². The Morgan fingerprint density at radius 3 is 2.75 bits per heavy atom. The molecular formula is C10H15NO5. The summed E-state index contributed by atoms with van der Waals surface area (Å²) in [4.78, 5) is 14.8. The highest BCUT2D eigenvalue weighted by atomic mass is 16.5. The first-order valence-electron chi connectivity index (χ1n) is 4.97. The number of carbonyl (C=O) groups is 1. The molecule has 16 heavy (non-hydrogen) atoms. The molecule has 0 aliphatic carbocycles. The number of ether oxygens (including phenoxy) is 2. The Bertz CT molecular complexity index is 347. The van der Waals surface area contributed by atoms with Crippen LogP contribution in [0.2, 0.25) is 0 Å². The minimum absolute atomic E-state index is 0.104. The molecule has 0 atom stereocenters. The van der Waals surface area contributed by atoms with Crippen LogP contribution in [0.1, 0.15) is 29.1 Å². The van der Waals surface area contributed by atoms with Crippen molar-refractivity contribution in [2.75, 3.05) is 20.3 Å². The van der Waals surface area contributed by atoms with Crippen LogP contribution in [-0.2, 0) is 22.5 Å². The molecule has 1 heterocycles. The predicted octanol–water partition coefficient (Wildman–Crippen LogP) is 1.10. The Labute approximate surface area is 93.2 Å². The van der Waals surface area contributed by atoms with Gasteiger partial charge in [-0.2, -0.15) is 0 Å². The van der Waals surface area contributed by atoms with E-state index >= 15 is 0 Å². The van der Waals surface area contributed by atoms with Crippen LogP contribution in [0.15, 0.2) is 4.42 Å². The Hall–Kier alpha value is -1.40. The fraction of sp³-hybridized carbons (Fsp3) is 0.600. The second-order valence-electron chi connectivity index (χ2n) is 3.09. The molecule has 6 heteroatoms. The summed E-state index contributed by atoms with van der Waals surface area (Å²) in [5.41, 5.74) is 0.442. The smallest absolute Gasteiger partial charge is 0.373 e. The van der Waals surface area contributed by atoms with Crippen molar-refractivity contribution in [2.45, 2.75) is 20.0 Å². The van der Waals surface area contributed by atoms with Crippen molar-refractivity contribution in [1.29, 1.82) is 0 Å². The lowest BCUT2D eigenvalue weighted by Gasteiger charge is -1.98. The van der Waals surface area contributed by atoms with Crippen LogP contribution < -0.4 is 0 Å². The summed E-state index contributed by atoms with van der Waals surface area (Å²) in [7, 11) is 1.58. The van der Waals surface area contributed by atoms with Gasteiger partial charge in [-0.25, -0.2) is 9.78 Å². The highest BCUT2D eigenvalue weighted by molar-refractivity contribution is 5.85. The Morgan fingerprint density at radius 2 is 2.25 bits per heavy atom. The molecular weight excluding hydrogens is 214 g/mol. The standard InChI is InChI=1S/C10H15NO5/c1-3-7-9(10(12)13)16-8(11-7)6-15-5-4-14-2/h3-6H2,1-2H3,(H,12,13). The summed E-state index contributed by atoms with van der Waals surface area (Å²) < 4.78 is 15.0. The number of nitrogens with zero attached hydrogens (tertiary/aromatic N) is 1. The van der Waals surface area contributed by atoms with E-state index in [1.165, 1.54) is 0 Å². The number of aromatic carboxylic acids is 1. The van der Waals surface area contributed by atoms with Crippen molar-refractivity contribution in [2.24, 2.45) is 0 Å². The molecule has 0 aliphatic rings. The lowest BCUT2D eigenvalue weighted by Crippen LogP contribution is -2.01. The van der Waals surface area contributed by atoms with Crippen LogP contribution in [0.5, 0.6) is 0 Å². The maximum atomic E-state index is 10.8. The fourth-order valence-electron chi connectivity index (χ4n) is 1.17. The molecule has 0 saturated carbocycles. The predicted molar refractivity (Wildman–Crippen MR) is 54.4 cm³/mol. The van der Waals surface area contributed by atoms with Gasteiger partial charge in [-0.15, -0.1) is 0 Å². The fourth-order valence-corrected chi connectivity index (χ4v) is 1.17. The second kappa shape index (κ2) is 6.24. The van der Waals surface area contributed by atoms with E-state index in [1.54, 1.807) is 7.11 Å². The zero-order valence-electron chi connectivity index (χ0n) is 9.36. The third-order valence-electron chi connectivity index (χ3n) is 1.93. The van der Waals surface area contributed by atoms with Crippen molar-refractivity contribution in [1.82, 2.24) is 4.98 Å². The van der Waals surface area contributed by atoms with Crippen molar-refractivity contribution in [3.8, 4) is 0 Å². The maximum Gasteiger partial charge on any atom is 0.373 e. The minimum Gasteiger partial charge on any atom is -0.475 e. The number of methoxy groups -OCH3 is 1. The average molecular weight is 229 g/mol. The van der Waals surface area contributed by atoms with Gasteiger partial charge in [0.2, 0.25) is 11.7 Å². The van der Waals surface area contributed by atoms with Gasteiger partial charge in [0.05, 0.1) is 18.9 Å². The summed E-state index contributed by atoms with van der Waals surface area (Å²) in [5, 5.41) is 8.83. The number of carboxylic acid groups (broad SMARTS) is 1. The lowest BCUT2D eigenvalue weighted by atomic mass is 10.3. The SMILES string of the molecule is CCc1nc(COCCOC)oc1C(=O)O. The highest BCUT2D eigenvalue weighted by Crippen LogP contribution is 2.12. The number of aryl methyl sites for hydroxylation is 1. The molecule has 90 valence electrons. The number of carboxylic acids is 1. The van der Waals surface area contributed by atoms with Crippen molar-refractivity contribution in [3.05, 3.63) is 17.3 Å². The van der Waals surface area contributed by atoms with E-state index in [0.717, 1.165) is 0 Å². The van der Waals surface area contributed by atoms with E-state index in [9.17, 15) is 4.79 Å². The van der Waals surface area contributed by atoms with Gasteiger partial charge in [0.1, 0.15) is 6.61 Å². The number of aromatic nitrogens is 1. The van der Waals surface area contributed by atoms with E-state index in [0.29, 0.717) is 25.3 Å². The Morgan fingerprint density at radius 1 is 1.50 bits per heavy atom. The number of oxazole rings is 1. The topological polar surface area (TPSA) is 81.8 Å². The average Bonchev–Trinajstić information content (AvgIpc) is 2.68. The summed E-state index contributed by atoms with van der Waals surface area (Å²) in [6.07, 6.45) is 0.517. The quantitative estimate of drug-likeness (QED) is 0.705. The number of hydrogen-bond acceptors (Lipinski definition) is 5. The van der Waals surface area contributed by atoms with Crippen LogP contribution in [0.25, 0.3) is 0 Å². The third-order valence-corrected chi connectivity index (χ3v) is 1.93. The molecule has 6 nitrogen and oxygen atoms in total. The van der Waals surface area contributed by atoms with E-state index in [1.807, 2.05) is 6.92 Å². The molecule has 0 amide bonds. The van der Waals surface area contributed by atoms with E-state index in [-0.39, 0.29) is 18.3 Å². The van der Waals surface area contributed by atoms with Gasteiger partial charge >= 0.3 is 5.97 Å². The zero-order chi connectivity index (χ0) is 12.0. The van der Waals surface area contributed by atoms with Gasteiger partial charge < -0.3 is 19.0 Å². The van der Waals surface area contributed by atoms with E-state index < -0.39 is 5.97 Å². The molecule has 0 unspecified atom stereocenters. The zero-order valence-corrected chi connectivity index (χ0v) is 9.36. The van der Waals surface area contributed by atoms with Crippen LogP contribution in [-0.4, -0.2) is 36.4 Å².